The predicted molar refractivity (Wildman–Crippen MR) is 119 cm³/mol. The number of carbonyl (C=O) groups excluding carboxylic acids is 2. The molecule has 158 valence electrons. The van der Waals surface area contributed by atoms with Crippen LogP contribution in [0.2, 0.25) is 0 Å². The number of hydrogen-bond donors (Lipinski definition) is 1. The summed E-state index contributed by atoms with van der Waals surface area (Å²) in [5, 5.41) is 2.99. The minimum Gasteiger partial charge on any atom is -0.461 e. The van der Waals surface area contributed by atoms with Crippen molar-refractivity contribution in [2.75, 3.05) is 11.9 Å². The van der Waals surface area contributed by atoms with Crippen molar-refractivity contribution in [2.24, 2.45) is 5.92 Å². The van der Waals surface area contributed by atoms with Gasteiger partial charge in [0.2, 0.25) is 11.8 Å². The Morgan fingerprint density at radius 2 is 1.87 bits per heavy atom. The summed E-state index contributed by atoms with van der Waals surface area (Å²) in [6.07, 6.45) is 3.98. The van der Waals surface area contributed by atoms with Crippen LogP contribution >= 0.6 is 0 Å². The summed E-state index contributed by atoms with van der Waals surface area (Å²) in [5.74, 6) is 2.19. The lowest BCUT2D eigenvalue weighted by molar-refractivity contribution is -0.132. The minimum atomic E-state index is 0.0977. The van der Waals surface area contributed by atoms with Gasteiger partial charge in [0.25, 0.3) is 0 Å². The van der Waals surface area contributed by atoms with Crippen molar-refractivity contribution in [3.63, 3.8) is 0 Å². The number of amides is 2. The quantitative estimate of drug-likeness (QED) is 0.629. The van der Waals surface area contributed by atoms with E-state index in [-0.39, 0.29) is 17.7 Å². The zero-order valence-corrected chi connectivity index (χ0v) is 17.5. The fraction of sp³-hybridized carbons (Fsp3) is 0.308. The van der Waals surface area contributed by atoms with Crippen LogP contribution in [0.5, 0.6) is 0 Å². The summed E-state index contributed by atoms with van der Waals surface area (Å²) >= 11 is 0. The molecule has 1 saturated carbocycles. The van der Waals surface area contributed by atoms with Crippen molar-refractivity contribution in [3.8, 4) is 11.3 Å². The maximum absolute atomic E-state index is 12.7. The highest BCUT2D eigenvalue weighted by atomic mass is 16.3. The predicted octanol–water partition coefficient (Wildman–Crippen LogP) is 4.81. The molecular formula is C26H26N2O3. The van der Waals surface area contributed by atoms with Gasteiger partial charge in [-0.05, 0) is 43.0 Å². The van der Waals surface area contributed by atoms with Crippen LogP contribution in [0.15, 0.2) is 65.1 Å². The van der Waals surface area contributed by atoms with E-state index < -0.39 is 0 Å². The molecule has 2 aromatic carbocycles. The molecule has 1 aliphatic carbocycles. The van der Waals surface area contributed by atoms with E-state index in [2.05, 4.69) is 17.4 Å². The van der Waals surface area contributed by atoms with Gasteiger partial charge in [-0.2, -0.15) is 0 Å². The highest BCUT2D eigenvalue weighted by Crippen LogP contribution is 2.33. The number of anilines is 1. The lowest BCUT2D eigenvalue weighted by Crippen LogP contribution is -2.35. The van der Waals surface area contributed by atoms with Crippen LogP contribution in [0.4, 0.5) is 5.69 Å². The molecule has 0 unspecified atom stereocenters. The zero-order valence-electron chi connectivity index (χ0n) is 17.5. The number of benzene rings is 2. The molecule has 1 fully saturated rings. The van der Waals surface area contributed by atoms with E-state index in [9.17, 15) is 9.59 Å². The molecule has 0 atom stereocenters. The molecule has 0 spiro atoms. The molecule has 0 saturated heterocycles. The monoisotopic (exact) mass is 414 g/mol. The number of aryl methyl sites for hydroxylation is 1. The molecule has 2 heterocycles. The van der Waals surface area contributed by atoms with Crippen LogP contribution < -0.4 is 5.32 Å². The third-order valence-corrected chi connectivity index (χ3v) is 6.05. The van der Waals surface area contributed by atoms with Gasteiger partial charge in [-0.1, -0.05) is 42.5 Å². The van der Waals surface area contributed by atoms with Gasteiger partial charge < -0.3 is 14.6 Å². The second-order valence-corrected chi connectivity index (χ2v) is 8.45. The summed E-state index contributed by atoms with van der Waals surface area (Å²) in [6, 6.07) is 19.9. The Balaban J connectivity index is 1.24. The maximum Gasteiger partial charge on any atom is 0.227 e. The Kier molecular flexibility index (Phi) is 5.33. The largest absolute Gasteiger partial charge is 0.461 e. The van der Waals surface area contributed by atoms with Crippen LogP contribution in [-0.4, -0.2) is 23.3 Å². The second-order valence-electron chi connectivity index (χ2n) is 8.45. The molecule has 1 aliphatic heterocycles. The van der Waals surface area contributed by atoms with Gasteiger partial charge in [-0.3, -0.25) is 9.59 Å². The van der Waals surface area contributed by atoms with Crippen molar-refractivity contribution in [1.82, 2.24) is 4.90 Å². The minimum absolute atomic E-state index is 0.0977. The first-order valence-corrected chi connectivity index (χ1v) is 11.0. The molecule has 1 N–H and O–H groups in total. The van der Waals surface area contributed by atoms with Crippen LogP contribution in [0, 0.1) is 5.92 Å². The van der Waals surface area contributed by atoms with Crippen LogP contribution in [-0.2, 0) is 29.0 Å². The van der Waals surface area contributed by atoms with E-state index in [1.54, 1.807) is 0 Å². The van der Waals surface area contributed by atoms with Crippen LogP contribution in [0.3, 0.4) is 0 Å². The topological polar surface area (TPSA) is 62.6 Å². The lowest BCUT2D eigenvalue weighted by Gasteiger charge is -2.26. The van der Waals surface area contributed by atoms with Crippen molar-refractivity contribution in [1.29, 1.82) is 0 Å². The van der Waals surface area contributed by atoms with Crippen LogP contribution in [0.1, 0.15) is 36.1 Å². The van der Waals surface area contributed by atoms with Crippen molar-refractivity contribution >= 4 is 17.5 Å². The van der Waals surface area contributed by atoms with E-state index in [1.807, 2.05) is 53.4 Å². The van der Waals surface area contributed by atoms with Gasteiger partial charge in [-0.15, -0.1) is 0 Å². The molecule has 5 rings (SSSR count). The highest BCUT2D eigenvalue weighted by Gasteiger charge is 2.29. The Labute approximate surface area is 182 Å². The number of nitrogens with one attached hydrogen (secondary N) is 1. The molecule has 5 nitrogen and oxygen atoms in total. The number of fused-ring (bicyclic) bond motifs is 1. The number of hydrogen-bond acceptors (Lipinski definition) is 3. The standard InChI is InChI=1S/C26H26N2O3/c29-25(12-9-18-5-2-1-3-6-18)28-14-13-23-21(17-28)16-24(31-23)20-7-4-8-22(15-20)27-26(30)19-10-11-19/h1-8,15-16,19H,9-14,17H2,(H,27,30). The van der Waals surface area contributed by atoms with Crippen LogP contribution in [0.25, 0.3) is 11.3 Å². The van der Waals surface area contributed by atoms with Gasteiger partial charge in [0.1, 0.15) is 11.5 Å². The second kappa shape index (κ2) is 8.42. The SMILES string of the molecule is O=C(Nc1cccc(-c2cc3c(o2)CCN(C(=O)CCc2ccccc2)C3)c1)C1CC1. The van der Waals surface area contributed by atoms with E-state index in [1.165, 1.54) is 5.56 Å². The Bertz CT molecular complexity index is 1100. The fourth-order valence-corrected chi connectivity index (χ4v) is 4.08. The number of carbonyl (C=O) groups is 2. The van der Waals surface area contributed by atoms with Crippen molar-refractivity contribution in [3.05, 3.63) is 77.6 Å². The van der Waals surface area contributed by atoms with Gasteiger partial charge in [0.05, 0.1) is 0 Å². The van der Waals surface area contributed by atoms with E-state index in [0.29, 0.717) is 19.5 Å². The average molecular weight is 415 g/mol. The van der Waals surface area contributed by atoms with Gasteiger partial charge >= 0.3 is 0 Å². The molecule has 5 heteroatoms. The molecule has 31 heavy (non-hydrogen) atoms. The first-order chi connectivity index (χ1) is 15.2. The summed E-state index contributed by atoms with van der Waals surface area (Å²) < 4.78 is 6.12. The third kappa shape index (κ3) is 4.55. The van der Waals surface area contributed by atoms with E-state index in [4.69, 9.17) is 4.42 Å². The van der Waals surface area contributed by atoms with Gasteiger partial charge in [-0.25, -0.2) is 0 Å². The summed E-state index contributed by atoms with van der Waals surface area (Å²) in [6.45, 7) is 1.27. The third-order valence-electron chi connectivity index (χ3n) is 6.05. The van der Waals surface area contributed by atoms with Crippen molar-refractivity contribution in [2.45, 2.75) is 38.6 Å². The normalized spacial score (nSPS) is 15.4. The lowest BCUT2D eigenvalue weighted by atomic mass is 10.1. The number of nitrogens with zero attached hydrogens (tertiary/aromatic N) is 1. The van der Waals surface area contributed by atoms with Gasteiger partial charge in [0, 0.05) is 48.7 Å². The number of rotatable bonds is 6. The Hall–Kier alpha value is -3.34. The van der Waals surface area contributed by atoms with E-state index in [0.717, 1.165) is 54.0 Å². The fourth-order valence-electron chi connectivity index (χ4n) is 4.08. The highest BCUT2D eigenvalue weighted by molar-refractivity contribution is 5.94. The van der Waals surface area contributed by atoms with Gasteiger partial charge in [0.15, 0.2) is 0 Å². The Morgan fingerprint density at radius 1 is 1.03 bits per heavy atom. The zero-order chi connectivity index (χ0) is 21.2. The summed E-state index contributed by atoms with van der Waals surface area (Å²) in [7, 11) is 0. The molecular weight excluding hydrogens is 388 g/mol. The molecule has 2 amide bonds. The summed E-state index contributed by atoms with van der Waals surface area (Å²) in [5.41, 5.74) is 3.99. The number of furan rings is 1. The average Bonchev–Trinajstić information content (AvgIpc) is 3.57. The molecule has 1 aromatic heterocycles. The maximum atomic E-state index is 12.7. The first-order valence-electron chi connectivity index (χ1n) is 11.0. The molecule has 0 radical (unpaired) electrons. The molecule has 0 bridgehead atoms. The van der Waals surface area contributed by atoms with E-state index >= 15 is 0 Å². The van der Waals surface area contributed by atoms with Crippen molar-refractivity contribution < 1.29 is 14.0 Å². The smallest absolute Gasteiger partial charge is 0.227 e. The molecule has 3 aromatic rings. The summed E-state index contributed by atoms with van der Waals surface area (Å²) in [4.78, 5) is 26.7. The first kappa shape index (κ1) is 19.6. The Morgan fingerprint density at radius 3 is 2.68 bits per heavy atom. The molecule has 2 aliphatic rings.